The largest absolute Gasteiger partial charge is 0.416 e. The lowest BCUT2D eigenvalue weighted by Crippen LogP contribution is -2.40. The number of aliphatic hydroxyl groups is 1. The van der Waals surface area contributed by atoms with Gasteiger partial charge in [-0.2, -0.15) is 13.2 Å². The first-order valence-electron chi connectivity index (χ1n) is 7.41. The lowest BCUT2D eigenvalue weighted by atomic mass is 9.99. The van der Waals surface area contributed by atoms with Gasteiger partial charge in [-0.3, -0.25) is 4.79 Å². The molecule has 2 aromatic rings. The molecule has 0 aliphatic heterocycles. The number of nitrogens with zero attached hydrogens (tertiary/aromatic N) is 2. The normalized spacial score (nSPS) is 14.2. The summed E-state index contributed by atoms with van der Waals surface area (Å²) in [7, 11) is 0. The van der Waals surface area contributed by atoms with Crippen LogP contribution >= 0.6 is 0 Å². The topological polar surface area (TPSA) is 67.2 Å². The minimum absolute atomic E-state index is 0.0518. The molecule has 1 aromatic heterocycles. The van der Waals surface area contributed by atoms with Gasteiger partial charge in [-0.1, -0.05) is 19.1 Å². The Bertz CT molecular complexity index is 654. The number of carbonyl (C=O) groups is 1. The molecular formula is C16H18F3N3O2. The molecule has 2 rings (SSSR count). The molecule has 130 valence electrons. The SMILES string of the molecule is CCC(NC(=O)Cn1ccnc1)C(O)c1ccc(C(F)(F)F)cc1. The van der Waals surface area contributed by atoms with Crippen LogP contribution in [0.25, 0.3) is 0 Å². The maximum Gasteiger partial charge on any atom is 0.416 e. The smallest absolute Gasteiger partial charge is 0.386 e. The summed E-state index contributed by atoms with van der Waals surface area (Å²) in [5.41, 5.74) is -0.464. The second-order valence-electron chi connectivity index (χ2n) is 5.38. The first-order valence-corrected chi connectivity index (χ1v) is 7.41. The summed E-state index contributed by atoms with van der Waals surface area (Å²) in [5.74, 6) is -0.314. The van der Waals surface area contributed by atoms with Crippen LogP contribution in [-0.4, -0.2) is 26.6 Å². The number of carbonyl (C=O) groups excluding carboxylic acids is 1. The van der Waals surface area contributed by atoms with Crippen molar-refractivity contribution in [3.8, 4) is 0 Å². The van der Waals surface area contributed by atoms with E-state index in [1.807, 2.05) is 0 Å². The summed E-state index contributed by atoms with van der Waals surface area (Å²) in [4.78, 5) is 15.8. The molecule has 0 saturated heterocycles. The van der Waals surface area contributed by atoms with E-state index in [0.717, 1.165) is 12.1 Å². The highest BCUT2D eigenvalue weighted by Crippen LogP contribution is 2.30. The Balaban J connectivity index is 2.02. The second kappa shape index (κ2) is 7.48. The Morgan fingerprint density at radius 2 is 2.00 bits per heavy atom. The van der Waals surface area contributed by atoms with Crippen LogP contribution in [-0.2, 0) is 17.5 Å². The van der Waals surface area contributed by atoms with Crippen LogP contribution < -0.4 is 5.32 Å². The lowest BCUT2D eigenvalue weighted by Gasteiger charge is -2.23. The molecule has 24 heavy (non-hydrogen) atoms. The molecule has 0 saturated carbocycles. The maximum absolute atomic E-state index is 12.6. The fourth-order valence-electron chi connectivity index (χ4n) is 2.30. The fourth-order valence-corrected chi connectivity index (χ4v) is 2.30. The van der Waals surface area contributed by atoms with Gasteiger partial charge in [-0.15, -0.1) is 0 Å². The summed E-state index contributed by atoms with van der Waals surface area (Å²) in [5, 5.41) is 13.0. The van der Waals surface area contributed by atoms with E-state index >= 15 is 0 Å². The van der Waals surface area contributed by atoms with Gasteiger partial charge in [0.25, 0.3) is 0 Å². The first kappa shape index (κ1) is 18.0. The van der Waals surface area contributed by atoms with Gasteiger partial charge < -0.3 is 15.0 Å². The third kappa shape index (κ3) is 4.58. The molecule has 0 radical (unpaired) electrons. The minimum Gasteiger partial charge on any atom is -0.386 e. The highest BCUT2D eigenvalue weighted by Gasteiger charge is 2.30. The first-order chi connectivity index (χ1) is 11.3. The number of halogens is 3. The van der Waals surface area contributed by atoms with E-state index in [1.165, 1.54) is 18.5 Å². The number of nitrogens with one attached hydrogen (secondary N) is 1. The molecule has 0 fully saturated rings. The fraction of sp³-hybridized carbons (Fsp3) is 0.375. The van der Waals surface area contributed by atoms with Crippen molar-refractivity contribution in [3.05, 3.63) is 54.1 Å². The van der Waals surface area contributed by atoms with E-state index in [-0.39, 0.29) is 12.5 Å². The van der Waals surface area contributed by atoms with E-state index in [9.17, 15) is 23.1 Å². The van der Waals surface area contributed by atoms with Crippen LogP contribution in [0, 0.1) is 0 Å². The number of amides is 1. The summed E-state index contributed by atoms with van der Waals surface area (Å²) in [6, 6.07) is 3.67. The Hall–Kier alpha value is -2.35. The number of benzene rings is 1. The molecule has 2 atom stereocenters. The number of aromatic nitrogens is 2. The van der Waals surface area contributed by atoms with Crippen molar-refractivity contribution in [2.24, 2.45) is 0 Å². The average molecular weight is 341 g/mol. The number of rotatable bonds is 6. The molecule has 0 spiro atoms. The summed E-state index contributed by atoms with van der Waals surface area (Å²) < 4.78 is 39.3. The van der Waals surface area contributed by atoms with Crippen LogP contribution in [0.1, 0.15) is 30.6 Å². The standard InChI is InChI=1S/C16H18F3N3O2/c1-2-13(21-14(23)9-22-8-7-20-10-22)15(24)11-3-5-12(6-4-11)16(17,18)19/h3-8,10,13,15,24H,2,9H2,1H3,(H,21,23). The van der Waals surface area contributed by atoms with E-state index in [1.54, 1.807) is 23.9 Å². The van der Waals surface area contributed by atoms with Gasteiger partial charge in [0.2, 0.25) is 5.91 Å². The Kier molecular flexibility index (Phi) is 5.61. The van der Waals surface area contributed by atoms with Crippen molar-refractivity contribution in [2.45, 2.75) is 38.2 Å². The van der Waals surface area contributed by atoms with Gasteiger partial charge in [0, 0.05) is 12.4 Å². The Labute approximate surface area is 137 Å². The van der Waals surface area contributed by atoms with Crippen molar-refractivity contribution < 1.29 is 23.1 Å². The van der Waals surface area contributed by atoms with E-state index in [0.29, 0.717) is 12.0 Å². The molecule has 1 amide bonds. The average Bonchev–Trinajstić information content (AvgIpc) is 3.04. The minimum atomic E-state index is -4.42. The predicted octanol–water partition coefficient (Wildman–Crippen LogP) is 2.53. The van der Waals surface area contributed by atoms with Crippen molar-refractivity contribution in [3.63, 3.8) is 0 Å². The third-order valence-electron chi connectivity index (χ3n) is 3.63. The van der Waals surface area contributed by atoms with Gasteiger partial charge >= 0.3 is 6.18 Å². The van der Waals surface area contributed by atoms with Crippen molar-refractivity contribution >= 4 is 5.91 Å². The van der Waals surface area contributed by atoms with E-state index in [4.69, 9.17) is 0 Å². The third-order valence-corrected chi connectivity index (χ3v) is 3.63. The Morgan fingerprint density at radius 1 is 1.33 bits per heavy atom. The van der Waals surface area contributed by atoms with Gasteiger partial charge in [0.05, 0.1) is 24.0 Å². The van der Waals surface area contributed by atoms with Crippen LogP contribution in [0.4, 0.5) is 13.2 Å². The molecule has 0 aliphatic carbocycles. The highest BCUT2D eigenvalue weighted by molar-refractivity contribution is 5.76. The molecule has 8 heteroatoms. The molecule has 5 nitrogen and oxygen atoms in total. The van der Waals surface area contributed by atoms with Crippen LogP contribution in [0.2, 0.25) is 0 Å². The van der Waals surface area contributed by atoms with Gasteiger partial charge in [-0.05, 0) is 24.1 Å². The second-order valence-corrected chi connectivity index (χ2v) is 5.38. The lowest BCUT2D eigenvalue weighted by molar-refractivity contribution is -0.137. The molecule has 2 N–H and O–H groups in total. The molecule has 0 aliphatic rings. The molecule has 1 aromatic carbocycles. The zero-order chi connectivity index (χ0) is 17.7. The zero-order valence-electron chi connectivity index (χ0n) is 13.0. The predicted molar refractivity (Wildman–Crippen MR) is 80.9 cm³/mol. The molecule has 0 bridgehead atoms. The van der Waals surface area contributed by atoms with Crippen molar-refractivity contribution in [1.29, 1.82) is 0 Å². The van der Waals surface area contributed by atoms with Gasteiger partial charge in [0.1, 0.15) is 6.54 Å². The summed E-state index contributed by atoms with van der Waals surface area (Å²) in [6.45, 7) is 1.83. The van der Waals surface area contributed by atoms with Crippen molar-refractivity contribution in [2.75, 3.05) is 0 Å². The maximum atomic E-state index is 12.6. The van der Waals surface area contributed by atoms with Crippen LogP contribution in [0.5, 0.6) is 0 Å². The molecule has 1 heterocycles. The number of hydrogen-bond acceptors (Lipinski definition) is 3. The van der Waals surface area contributed by atoms with E-state index in [2.05, 4.69) is 10.3 Å². The van der Waals surface area contributed by atoms with Crippen LogP contribution in [0.3, 0.4) is 0 Å². The molecular weight excluding hydrogens is 323 g/mol. The van der Waals surface area contributed by atoms with Gasteiger partial charge in [-0.25, -0.2) is 4.98 Å². The zero-order valence-corrected chi connectivity index (χ0v) is 13.0. The quantitative estimate of drug-likeness (QED) is 0.848. The number of hydrogen-bond donors (Lipinski definition) is 2. The molecule has 2 unspecified atom stereocenters. The van der Waals surface area contributed by atoms with Crippen molar-refractivity contribution in [1.82, 2.24) is 14.9 Å². The van der Waals surface area contributed by atoms with Gasteiger partial charge in [0.15, 0.2) is 0 Å². The monoisotopic (exact) mass is 341 g/mol. The highest BCUT2D eigenvalue weighted by atomic mass is 19.4. The number of alkyl halides is 3. The summed E-state index contributed by atoms with van der Waals surface area (Å²) in [6.07, 6.45) is -0.421. The van der Waals surface area contributed by atoms with E-state index < -0.39 is 23.9 Å². The van der Waals surface area contributed by atoms with Crippen LogP contribution in [0.15, 0.2) is 43.0 Å². The summed E-state index contributed by atoms with van der Waals surface area (Å²) >= 11 is 0. The number of aliphatic hydroxyl groups excluding tert-OH is 1. The Morgan fingerprint density at radius 3 is 2.50 bits per heavy atom. The number of imidazole rings is 1.